The third kappa shape index (κ3) is 4.74. The first-order chi connectivity index (χ1) is 17.8. The maximum absolute atomic E-state index is 14.9. The maximum atomic E-state index is 14.9. The van der Waals surface area contributed by atoms with Gasteiger partial charge in [-0.15, -0.1) is 0 Å². The molecule has 1 unspecified atom stereocenters. The van der Waals surface area contributed by atoms with Gasteiger partial charge in [-0.05, 0) is 26.0 Å². The molecule has 1 aliphatic heterocycles. The highest BCUT2D eigenvalue weighted by molar-refractivity contribution is 5.97. The van der Waals surface area contributed by atoms with Crippen LogP contribution in [0.25, 0.3) is 22.2 Å². The van der Waals surface area contributed by atoms with Gasteiger partial charge in [0.25, 0.3) is 12.0 Å². The van der Waals surface area contributed by atoms with Crippen molar-refractivity contribution in [3.63, 3.8) is 0 Å². The van der Waals surface area contributed by atoms with Crippen molar-refractivity contribution in [1.29, 1.82) is 0 Å². The van der Waals surface area contributed by atoms with E-state index in [-0.39, 0.29) is 11.1 Å². The highest BCUT2D eigenvalue weighted by atomic mass is 19.3. The molecule has 1 saturated heterocycles. The average molecular weight is 511 g/mol. The molecule has 0 aliphatic carbocycles. The van der Waals surface area contributed by atoms with Crippen LogP contribution in [0.1, 0.15) is 36.3 Å². The Morgan fingerprint density at radius 1 is 1.05 bits per heavy atom. The largest absolute Gasteiger partial charge is 0.378 e. The van der Waals surface area contributed by atoms with E-state index >= 15 is 0 Å². The predicted octanol–water partition coefficient (Wildman–Crippen LogP) is 4.38. The summed E-state index contributed by atoms with van der Waals surface area (Å²) in [5.41, 5.74) is 0.268. The molecule has 0 amide bonds. The molecule has 8 nitrogen and oxygen atoms in total. The zero-order valence-electron chi connectivity index (χ0n) is 20.3. The van der Waals surface area contributed by atoms with Crippen LogP contribution >= 0.6 is 0 Å². The molecule has 192 valence electrons. The second-order valence-corrected chi connectivity index (χ2v) is 8.73. The molecule has 0 spiro atoms. The van der Waals surface area contributed by atoms with Crippen molar-refractivity contribution in [2.75, 3.05) is 36.6 Å². The fraction of sp³-hybridized carbons (Fsp3) is 0.308. The van der Waals surface area contributed by atoms with E-state index in [0.717, 1.165) is 6.07 Å². The number of hydrogen-bond acceptors (Lipinski definition) is 7. The van der Waals surface area contributed by atoms with Crippen LogP contribution in [0.2, 0.25) is 0 Å². The molecule has 0 saturated carbocycles. The van der Waals surface area contributed by atoms with E-state index < -0.39 is 23.8 Å². The van der Waals surface area contributed by atoms with Crippen LogP contribution in [0.4, 0.5) is 19.0 Å². The molecular weight excluding hydrogens is 485 g/mol. The second-order valence-electron chi connectivity index (χ2n) is 8.73. The first-order valence-corrected chi connectivity index (χ1v) is 11.9. The van der Waals surface area contributed by atoms with Gasteiger partial charge in [0, 0.05) is 18.0 Å². The first kappa shape index (κ1) is 24.7. The van der Waals surface area contributed by atoms with Crippen molar-refractivity contribution >= 4 is 16.7 Å². The van der Waals surface area contributed by atoms with Gasteiger partial charge in [-0.25, -0.2) is 27.8 Å². The molecule has 11 heteroatoms. The highest BCUT2D eigenvalue weighted by Crippen LogP contribution is 2.32. The summed E-state index contributed by atoms with van der Waals surface area (Å²) >= 11 is 0. The SMILES string of the molecule is Cc1nc(NC(C)c2cccc(C(F)F)c2F)c2cn(N3CCOCC3)c(=O)c(-c3ccccn3)c2n1. The maximum Gasteiger partial charge on any atom is 0.280 e. The molecule has 0 radical (unpaired) electrons. The van der Waals surface area contributed by atoms with Crippen molar-refractivity contribution in [2.45, 2.75) is 26.3 Å². The molecular formula is C26H25F3N6O2. The molecule has 4 heterocycles. The van der Waals surface area contributed by atoms with Crippen molar-refractivity contribution in [3.05, 3.63) is 81.9 Å². The molecule has 0 bridgehead atoms. The van der Waals surface area contributed by atoms with Gasteiger partial charge in [-0.3, -0.25) is 9.78 Å². The van der Waals surface area contributed by atoms with E-state index in [1.165, 1.54) is 16.8 Å². The third-order valence-electron chi connectivity index (χ3n) is 6.29. The Labute approximate surface area is 210 Å². The number of morpholine rings is 1. The Morgan fingerprint density at radius 2 is 1.81 bits per heavy atom. The predicted molar refractivity (Wildman–Crippen MR) is 134 cm³/mol. The molecule has 1 atom stereocenters. The fourth-order valence-corrected chi connectivity index (χ4v) is 4.48. The molecule has 4 aromatic rings. The van der Waals surface area contributed by atoms with Crippen LogP contribution in [0.15, 0.2) is 53.6 Å². The lowest BCUT2D eigenvalue weighted by Gasteiger charge is -2.31. The van der Waals surface area contributed by atoms with E-state index in [1.54, 1.807) is 44.4 Å². The Kier molecular flexibility index (Phi) is 6.79. The summed E-state index contributed by atoms with van der Waals surface area (Å²) in [7, 11) is 0. The number of anilines is 1. The lowest BCUT2D eigenvalue weighted by molar-refractivity contribution is 0.111. The lowest BCUT2D eigenvalue weighted by Crippen LogP contribution is -2.49. The third-order valence-corrected chi connectivity index (χ3v) is 6.29. The zero-order chi connectivity index (χ0) is 26.1. The standard InChI is InChI=1S/C26H25F3N6O2/c1-15(17-6-5-7-18(22(17)27)24(28)29)31-25-19-14-35(34-10-12-37-13-11-34)26(36)21(20-8-3-4-9-30-20)23(19)32-16(2)33-25/h3-9,14-15,24H,10-13H2,1-2H3,(H,31,32,33). The van der Waals surface area contributed by atoms with Crippen LogP contribution in [0, 0.1) is 12.7 Å². The Morgan fingerprint density at radius 3 is 2.51 bits per heavy atom. The number of nitrogens with one attached hydrogen (secondary N) is 1. The van der Waals surface area contributed by atoms with Crippen LogP contribution < -0.4 is 15.9 Å². The molecule has 3 aromatic heterocycles. The van der Waals surface area contributed by atoms with Crippen LogP contribution in [0.3, 0.4) is 0 Å². The summed E-state index contributed by atoms with van der Waals surface area (Å²) in [4.78, 5) is 27.2. The average Bonchev–Trinajstić information content (AvgIpc) is 2.89. The normalized spacial score (nSPS) is 14.8. The van der Waals surface area contributed by atoms with Crippen LogP contribution in [-0.2, 0) is 4.74 Å². The number of rotatable bonds is 6. The number of aromatic nitrogens is 4. The summed E-state index contributed by atoms with van der Waals surface area (Å²) in [6.07, 6.45) is 0.314. The number of fused-ring (bicyclic) bond motifs is 1. The first-order valence-electron chi connectivity index (χ1n) is 11.9. The van der Waals surface area contributed by atoms with E-state index in [1.807, 2.05) is 5.01 Å². The van der Waals surface area contributed by atoms with Crippen molar-refractivity contribution in [3.8, 4) is 11.3 Å². The number of nitrogens with zero attached hydrogens (tertiary/aromatic N) is 5. The summed E-state index contributed by atoms with van der Waals surface area (Å²) in [6.45, 7) is 5.29. The van der Waals surface area contributed by atoms with Gasteiger partial charge in [0.05, 0.1) is 60.1 Å². The van der Waals surface area contributed by atoms with Gasteiger partial charge in [0.15, 0.2) is 0 Å². The Balaban J connectivity index is 1.69. The van der Waals surface area contributed by atoms with Gasteiger partial charge in [-0.1, -0.05) is 24.3 Å². The van der Waals surface area contributed by atoms with E-state index in [0.29, 0.717) is 60.1 Å². The van der Waals surface area contributed by atoms with Gasteiger partial charge >= 0.3 is 0 Å². The number of hydrogen-bond donors (Lipinski definition) is 1. The Hall–Kier alpha value is -3.99. The minimum atomic E-state index is -2.93. The molecule has 1 aliphatic rings. The lowest BCUT2D eigenvalue weighted by atomic mass is 10.0. The number of ether oxygens (including phenoxy) is 1. The Bertz CT molecular complexity index is 1490. The van der Waals surface area contributed by atoms with Crippen molar-refractivity contribution < 1.29 is 17.9 Å². The van der Waals surface area contributed by atoms with Gasteiger partial charge in [-0.2, -0.15) is 0 Å². The molecule has 37 heavy (non-hydrogen) atoms. The molecule has 1 N–H and O–H groups in total. The van der Waals surface area contributed by atoms with Gasteiger partial charge in [0.2, 0.25) is 0 Å². The summed E-state index contributed by atoms with van der Waals surface area (Å²) < 4.78 is 48.4. The monoisotopic (exact) mass is 510 g/mol. The van der Waals surface area contributed by atoms with Gasteiger partial charge in [0.1, 0.15) is 17.5 Å². The van der Waals surface area contributed by atoms with Crippen molar-refractivity contribution in [2.24, 2.45) is 0 Å². The number of benzene rings is 1. The number of aryl methyl sites for hydroxylation is 1. The number of halogens is 3. The smallest absolute Gasteiger partial charge is 0.280 e. The molecule has 5 rings (SSSR count). The molecule has 1 fully saturated rings. The van der Waals surface area contributed by atoms with E-state index in [9.17, 15) is 18.0 Å². The number of alkyl halides is 2. The second kappa shape index (κ2) is 10.2. The fourth-order valence-electron chi connectivity index (χ4n) is 4.48. The zero-order valence-corrected chi connectivity index (χ0v) is 20.3. The van der Waals surface area contributed by atoms with Crippen molar-refractivity contribution in [1.82, 2.24) is 19.6 Å². The summed E-state index contributed by atoms with van der Waals surface area (Å²) in [6, 6.07) is 8.49. The van der Waals surface area contributed by atoms with E-state index in [2.05, 4.69) is 20.3 Å². The van der Waals surface area contributed by atoms with Gasteiger partial charge < -0.3 is 15.1 Å². The van der Waals surface area contributed by atoms with Crippen LogP contribution in [0.5, 0.6) is 0 Å². The van der Waals surface area contributed by atoms with E-state index in [4.69, 9.17) is 4.74 Å². The minimum Gasteiger partial charge on any atom is -0.378 e. The highest BCUT2D eigenvalue weighted by Gasteiger charge is 2.24. The summed E-state index contributed by atoms with van der Waals surface area (Å²) in [5, 5.41) is 5.54. The number of pyridine rings is 2. The molecule has 1 aromatic carbocycles. The topological polar surface area (TPSA) is 85.2 Å². The van der Waals surface area contributed by atoms with Crippen LogP contribution in [-0.4, -0.2) is 45.9 Å². The quantitative estimate of drug-likeness (QED) is 0.412. The summed E-state index contributed by atoms with van der Waals surface area (Å²) in [5.74, 6) is -0.243. The minimum absolute atomic E-state index is 0.0775.